The summed E-state index contributed by atoms with van der Waals surface area (Å²) in [5.41, 5.74) is 1.02. The average Bonchev–Trinajstić information content (AvgIpc) is 3.42. The van der Waals surface area contributed by atoms with Crippen LogP contribution in [0.4, 0.5) is 0 Å². The number of hydrazine groups is 1. The molecule has 2 aliphatic carbocycles. The first-order valence-electron chi connectivity index (χ1n) is 10.1. The Labute approximate surface area is 184 Å². The second kappa shape index (κ2) is 7.40. The van der Waals surface area contributed by atoms with Crippen LogP contribution < -0.4 is 0 Å². The number of halogens is 2. The molecule has 0 aromatic heterocycles. The summed E-state index contributed by atoms with van der Waals surface area (Å²) in [6.45, 7) is 0.0769. The summed E-state index contributed by atoms with van der Waals surface area (Å²) in [6.07, 6.45) is 2.90. The van der Waals surface area contributed by atoms with Crippen LogP contribution in [0.5, 0.6) is 0 Å². The summed E-state index contributed by atoms with van der Waals surface area (Å²) in [5, 5.41) is 3.21. The van der Waals surface area contributed by atoms with Crippen molar-refractivity contribution in [1.82, 2.24) is 10.0 Å². The predicted octanol–water partition coefficient (Wildman–Crippen LogP) is 4.58. The lowest BCUT2D eigenvalue weighted by molar-refractivity contribution is -0.156. The third-order valence-electron chi connectivity index (χ3n) is 6.73. The normalized spacial score (nSPS) is 26.9. The van der Waals surface area contributed by atoms with E-state index in [1.165, 1.54) is 5.01 Å². The van der Waals surface area contributed by atoms with Crippen LogP contribution in [0.2, 0.25) is 10.0 Å². The summed E-state index contributed by atoms with van der Waals surface area (Å²) in [7, 11) is 0. The van der Waals surface area contributed by atoms with E-state index in [0.717, 1.165) is 29.8 Å². The highest BCUT2D eigenvalue weighted by atomic mass is 35.5. The molecule has 0 unspecified atom stereocenters. The van der Waals surface area contributed by atoms with Crippen molar-refractivity contribution >= 4 is 40.9 Å². The summed E-state index contributed by atoms with van der Waals surface area (Å²) < 4.78 is 0. The van der Waals surface area contributed by atoms with Crippen molar-refractivity contribution in [1.29, 1.82) is 0 Å². The van der Waals surface area contributed by atoms with E-state index >= 15 is 0 Å². The third-order valence-corrected chi connectivity index (χ3v) is 7.31. The molecule has 7 heteroatoms. The van der Waals surface area contributed by atoms with Gasteiger partial charge in [-0.3, -0.25) is 14.4 Å². The molecule has 1 saturated heterocycles. The molecule has 154 valence electrons. The summed E-state index contributed by atoms with van der Waals surface area (Å²) >= 11 is 12.3. The minimum Gasteiger partial charge on any atom is -0.272 e. The van der Waals surface area contributed by atoms with E-state index in [1.54, 1.807) is 48.5 Å². The molecule has 3 aliphatic rings. The number of hydrogen-bond donors (Lipinski definition) is 0. The first kappa shape index (κ1) is 19.6. The fraction of sp³-hybridized carbons (Fsp3) is 0.348. The van der Waals surface area contributed by atoms with Crippen LogP contribution in [0, 0.1) is 23.7 Å². The van der Waals surface area contributed by atoms with Gasteiger partial charge in [-0.05, 0) is 60.9 Å². The zero-order valence-electron chi connectivity index (χ0n) is 16.1. The van der Waals surface area contributed by atoms with Gasteiger partial charge in [0.15, 0.2) is 0 Å². The van der Waals surface area contributed by atoms with Crippen molar-refractivity contribution in [3.05, 3.63) is 69.7 Å². The largest absolute Gasteiger partial charge is 0.274 e. The SMILES string of the molecule is O=C(c1ccccc1Cl)N(Cc1ccc(Cl)cc1)N1C(=O)[C@H]2[C@H]3CC[C@@H](C3)[C@@H]2C1=O. The van der Waals surface area contributed by atoms with Gasteiger partial charge in [-0.15, -0.1) is 0 Å². The molecular weight excluding hydrogens is 423 g/mol. The predicted molar refractivity (Wildman–Crippen MR) is 112 cm³/mol. The van der Waals surface area contributed by atoms with E-state index in [1.807, 2.05) is 0 Å². The fourth-order valence-electron chi connectivity index (χ4n) is 5.40. The first-order valence-corrected chi connectivity index (χ1v) is 10.9. The molecule has 3 amide bonds. The molecule has 2 saturated carbocycles. The van der Waals surface area contributed by atoms with Gasteiger partial charge in [-0.1, -0.05) is 47.5 Å². The average molecular weight is 443 g/mol. The molecule has 1 aliphatic heterocycles. The molecule has 5 nitrogen and oxygen atoms in total. The summed E-state index contributed by atoms with van der Waals surface area (Å²) in [5.74, 6) is -1.10. The Morgan fingerprint density at radius 3 is 2.13 bits per heavy atom. The van der Waals surface area contributed by atoms with Crippen LogP contribution in [-0.2, 0) is 16.1 Å². The maximum absolute atomic E-state index is 13.5. The summed E-state index contributed by atoms with van der Waals surface area (Å²) in [4.78, 5) is 40.2. The number of fused-ring (bicyclic) bond motifs is 5. The van der Waals surface area contributed by atoms with E-state index in [4.69, 9.17) is 23.2 Å². The number of benzene rings is 2. The molecule has 4 atom stereocenters. The van der Waals surface area contributed by atoms with Crippen molar-refractivity contribution in [2.45, 2.75) is 25.8 Å². The Bertz CT molecular complexity index is 1010. The Morgan fingerprint density at radius 1 is 0.933 bits per heavy atom. The van der Waals surface area contributed by atoms with Crippen LogP contribution in [0.15, 0.2) is 48.5 Å². The standard InChI is InChI=1S/C23H20Cl2N2O3/c24-16-9-5-13(6-10-16)12-26(21(28)17-3-1-2-4-18(17)25)27-22(29)19-14-7-8-15(11-14)20(19)23(27)30/h1-6,9-10,14-15,19-20H,7-8,11-12H2/t14-,15-,19-,20-/m0/s1. The van der Waals surface area contributed by atoms with Gasteiger partial charge in [0, 0.05) is 5.02 Å². The molecule has 2 aromatic rings. The molecule has 0 N–H and O–H groups in total. The van der Waals surface area contributed by atoms with Gasteiger partial charge in [-0.2, -0.15) is 5.01 Å². The van der Waals surface area contributed by atoms with Gasteiger partial charge in [0.25, 0.3) is 17.7 Å². The maximum Gasteiger partial charge on any atom is 0.274 e. The van der Waals surface area contributed by atoms with Crippen molar-refractivity contribution in [3.8, 4) is 0 Å². The topological polar surface area (TPSA) is 57.7 Å². The quantitative estimate of drug-likeness (QED) is 0.650. The summed E-state index contributed by atoms with van der Waals surface area (Å²) in [6, 6.07) is 13.7. The minimum absolute atomic E-state index is 0.0769. The van der Waals surface area contributed by atoms with Crippen LogP contribution >= 0.6 is 23.2 Å². The van der Waals surface area contributed by atoms with E-state index in [0.29, 0.717) is 5.02 Å². The van der Waals surface area contributed by atoms with Crippen LogP contribution in [0.1, 0.15) is 35.2 Å². The van der Waals surface area contributed by atoms with E-state index in [-0.39, 0.29) is 52.6 Å². The van der Waals surface area contributed by atoms with Crippen LogP contribution in [0.25, 0.3) is 0 Å². The Hall–Kier alpha value is -2.37. The van der Waals surface area contributed by atoms with Crippen molar-refractivity contribution in [3.63, 3.8) is 0 Å². The first-order chi connectivity index (χ1) is 14.5. The Balaban J connectivity index is 1.53. The molecule has 2 aromatic carbocycles. The molecule has 30 heavy (non-hydrogen) atoms. The van der Waals surface area contributed by atoms with Gasteiger partial charge in [0.1, 0.15) is 0 Å². The number of hydrogen-bond acceptors (Lipinski definition) is 3. The second-order valence-corrected chi connectivity index (χ2v) is 9.19. The minimum atomic E-state index is -0.468. The van der Waals surface area contributed by atoms with Crippen LogP contribution in [-0.4, -0.2) is 27.7 Å². The zero-order chi connectivity index (χ0) is 21.0. The van der Waals surface area contributed by atoms with Crippen molar-refractivity contribution < 1.29 is 14.4 Å². The van der Waals surface area contributed by atoms with Crippen molar-refractivity contribution in [2.75, 3.05) is 0 Å². The Morgan fingerprint density at radius 2 is 1.53 bits per heavy atom. The monoisotopic (exact) mass is 442 g/mol. The second-order valence-electron chi connectivity index (χ2n) is 8.34. The van der Waals surface area contributed by atoms with E-state index in [2.05, 4.69) is 0 Å². The molecule has 3 fully saturated rings. The van der Waals surface area contributed by atoms with E-state index in [9.17, 15) is 14.4 Å². The Kier molecular flexibility index (Phi) is 4.83. The number of carbonyl (C=O) groups excluding carboxylic acids is 3. The number of rotatable bonds is 4. The lowest BCUT2D eigenvalue weighted by Crippen LogP contribution is -2.50. The molecule has 0 spiro atoms. The fourth-order valence-corrected chi connectivity index (χ4v) is 5.74. The highest BCUT2D eigenvalue weighted by Crippen LogP contribution is 2.56. The number of nitrogens with zero attached hydrogens (tertiary/aromatic N) is 2. The highest BCUT2D eigenvalue weighted by molar-refractivity contribution is 6.34. The smallest absolute Gasteiger partial charge is 0.272 e. The maximum atomic E-state index is 13.5. The van der Waals surface area contributed by atoms with Gasteiger partial charge in [-0.25, -0.2) is 5.01 Å². The number of imide groups is 1. The molecule has 1 heterocycles. The molecule has 5 rings (SSSR count). The molecule has 0 radical (unpaired) electrons. The van der Waals surface area contributed by atoms with Gasteiger partial charge < -0.3 is 0 Å². The lowest BCUT2D eigenvalue weighted by atomic mass is 9.81. The highest BCUT2D eigenvalue weighted by Gasteiger charge is 2.62. The van der Waals surface area contributed by atoms with E-state index < -0.39 is 5.91 Å². The number of amides is 3. The molecule has 2 bridgehead atoms. The lowest BCUT2D eigenvalue weighted by Gasteiger charge is -2.31. The van der Waals surface area contributed by atoms with Gasteiger partial charge in [0.2, 0.25) is 0 Å². The third kappa shape index (κ3) is 3.03. The van der Waals surface area contributed by atoms with Gasteiger partial charge >= 0.3 is 0 Å². The number of carbonyl (C=O) groups is 3. The molecular formula is C23H20Cl2N2O3. The van der Waals surface area contributed by atoms with Crippen molar-refractivity contribution in [2.24, 2.45) is 23.7 Å². The zero-order valence-corrected chi connectivity index (χ0v) is 17.6. The van der Waals surface area contributed by atoms with Gasteiger partial charge in [0.05, 0.1) is 29.0 Å². The van der Waals surface area contributed by atoms with Crippen LogP contribution in [0.3, 0.4) is 0 Å².